The van der Waals surface area contributed by atoms with E-state index in [9.17, 15) is 4.79 Å². The molecule has 0 amide bonds. The highest BCUT2D eigenvalue weighted by atomic mass is 79.9. The second-order valence-electron chi connectivity index (χ2n) is 6.93. The minimum Gasteiger partial charge on any atom is -0.378 e. The van der Waals surface area contributed by atoms with Gasteiger partial charge in [0.1, 0.15) is 5.82 Å². The molecule has 0 bridgehead atoms. The van der Waals surface area contributed by atoms with E-state index in [4.69, 9.17) is 4.98 Å². The minimum atomic E-state index is -0.0925. The molecular weight excluding hydrogens is 426 g/mol. The molecule has 0 saturated heterocycles. The smallest absolute Gasteiger partial charge is 0.266 e. The van der Waals surface area contributed by atoms with Crippen LogP contribution in [0, 0.1) is 0 Å². The fourth-order valence-corrected chi connectivity index (χ4v) is 3.53. The number of benzene rings is 3. The van der Waals surface area contributed by atoms with Gasteiger partial charge in [0, 0.05) is 24.3 Å². The number of nitrogens with zero attached hydrogens (tertiary/aromatic N) is 3. The quantitative estimate of drug-likeness (QED) is 0.422. The first-order valence-corrected chi connectivity index (χ1v) is 10.1. The van der Waals surface area contributed by atoms with Crippen LogP contribution in [0.25, 0.3) is 28.7 Å². The van der Waals surface area contributed by atoms with Gasteiger partial charge in [-0.25, -0.2) is 4.98 Å². The van der Waals surface area contributed by atoms with Crippen molar-refractivity contribution in [2.45, 2.75) is 0 Å². The first-order chi connectivity index (χ1) is 14.0. The van der Waals surface area contributed by atoms with E-state index in [2.05, 4.69) is 45.1 Å². The van der Waals surface area contributed by atoms with Gasteiger partial charge in [0.05, 0.1) is 16.6 Å². The molecule has 0 aliphatic carbocycles. The van der Waals surface area contributed by atoms with Gasteiger partial charge in [0.15, 0.2) is 0 Å². The highest BCUT2D eigenvalue weighted by Crippen LogP contribution is 2.19. The summed E-state index contributed by atoms with van der Waals surface area (Å²) >= 11 is 3.45. The fourth-order valence-electron chi connectivity index (χ4n) is 3.17. The van der Waals surface area contributed by atoms with Crippen molar-refractivity contribution in [3.8, 4) is 5.69 Å². The van der Waals surface area contributed by atoms with Crippen LogP contribution < -0.4 is 10.5 Å². The Kier molecular flexibility index (Phi) is 5.32. The molecule has 4 nitrogen and oxygen atoms in total. The average Bonchev–Trinajstić information content (AvgIpc) is 2.74. The predicted molar refractivity (Wildman–Crippen MR) is 125 cm³/mol. The average molecular weight is 446 g/mol. The number of rotatable bonds is 4. The van der Waals surface area contributed by atoms with E-state index >= 15 is 0 Å². The van der Waals surface area contributed by atoms with Gasteiger partial charge < -0.3 is 4.90 Å². The summed E-state index contributed by atoms with van der Waals surface area (Å²) in [5.41, 5.74) is 3.55. The standard InChI is InChI=1S/C24H20BrN3O/c1-27(2)19-12-8-17(9-13-19)10-15-23-26-22-14-11-18(25)16-21(22)24(29)28(23)20-6-4-3-5-7-20/h3-16H,1-2H3. The molecule has 1 heterocycles. The zero-order valence-electron chi connectivity index (χ0n) is 16.2. The molecular formula is C24H20BrN3O. The highest BCUT2D eigenvalue weighted by Gasteiger charge is 2.11. The summed E-state index contributed by atoms with van der Waals surface area (Å²) < 4.78 is 2.51. The van der Waals surface area contributed by atoms with Crippen LogP contribution in [0.15, 0.2) is 82.1 Å². The van der Waals surface area contributed by atoms with E-state index < -0.39 is 0 Å². The molecule has 3 aromatic carbocycles. The first kappa shape index (κ1) is 19.2. The SMILES string of the molecule is CN(C)c1ccc(C=Cc2nc3ccc(Br)cc3c(=O)n2-c2ccccc2)cc1. The Morgan fingerprint density at radius 3 is 2.34 bits per heavy atom. The van der Waals surface area contributed by atoms with Crippen molar-refractivity contribution in [2.24, 2.45) is 0 Å². The van der Waals surface area contributed by atoms with Crippen LogP contribution in [-0.2, 0) is 0 Å². The van der Waals surface area contributed by atoms with E-state index in [0.717, 1.165) is 21.4 Å². The van der Waals surface area contributed by atoms with Crippen LogP contribution in [0.4, 0.5) is 5.69 Å². The Bertz CT molecular complexity index is 1240. The minimum absolute atomic E-state index is 0.0925. The van der Waals surface area contributed by atoms with Crippen molar-refractivity contribution in [3.05, 3.63) is 99.0 Å². The van der Waals surface area contributed by atoms with Gasteiger partial charge in [-0.1, -0.05) is 52.3 Å². The molecule has 0 aliphatic rings. The largest absolute Gasteiger partial charge is 0.378 e. The van der Waals surface area contributed by atoms with Gasteiger partial charge >= 0.3 is 0 Å². The van der Waals surface area contributed by atoms with Gasteiger partial charge in [0.2, 0.25) is 0 Å². The van der Waals surface area contributed by atoms with E-state index in [1.807, 2.05) is 74.8 Å². The molecule has 4 aromatic rings. The van der Waals surface area contributed by atoms with Crippen molar-refractivity contribution in [3.63, 3.8) is 0 Å². The van der Waals surface area contributed by atoms with Crippen molar-refractivity contribution in [1.82, 2.24) is 9.55 Å². The van der Waals surface area contributed by atoms with Crippen LogP contribution in [0.5, 0.6) is 0 Å². The molecule has 0 saturated carbocycles. The van der Waals surface area contributed by atoms with Crippen LogP contribution in [0.1, 0.15) is 11.4 Å². The summed E-state index contributed by atoms with van der Waals surface area (Å²) in [6.45, 7) is 0. The van der Waals surface area contributed by atoms with Crippen molar-refractivity contribution in [1.29, 1.82) is 0 Å². The zero-order chi connectivity index (χ0) is 20.4. The first-order valence-electron chi connectivity index (χ1n) is 9.26. The predicted octanol–water partition coefficient (Wildman–Crippen LogP) is 5.38. The zero-order valence-corrected chi connectivity index (χ0v) is 17.8. The highest BCUT2D eigenvalue weighted by molar-refractivity contribution is 9.10. The van der Waals surface area contributed by atoms with Gasteiger partial charge in [-0.15, -0.1) is 0 Å². The number of para-hydroxylation sites is 1. The Balaban J connectivity index is 1.86. The third kappa shape index (κ3) is 4.00. The summed E-state index contributed by atoms with van der Waals surface area (Å²) in [7, 11) is 4.03. The number of anilines is 1. The molecule has 29 heavy (non-hydrogen) atoms. The maximum Gasteiger partial charge on any atom is 0.266 e. The molecule has 0 aliphatic heterocycles. The van der Waals surface area contributed by atoms with E-state index in [0.29, 0.717) is 16.7 Å². The molecule has 5 heteroatoms. The third-order valence-corrected chi connectivity index (χ3v) is 5.20. The number of aromatic nitrogens is 2. The normalized spacial score (nSPS) is 11.3. The number of fused-ring (bicyclic) bond motifs is 1. The second kappa shape index (κ2) is 8.05. The Morgan fingerprint density at radius 2 is 1.66 bits per heavy atom. The molecule has 0 N–H and O–H groups in total. The maximum atomic E-state index is 13.3. The summed E-state index contributed by atoms with van der Waals surface area (Å²) in [4.78, 5) is 20.1. The van der Waals surface area contributed by atoms with Gasteiger partial charge in [-0.2, -0.15) is 0 Å². The Hall–Kier alpha value is -3.18. The topological polar surface area (TPSA) is 38.1 Å². The second-order valence-corrected chi connectivity index (χ2v) is 7.84. The molecule has 0 spiro atoms. The van der Waals surface area contributed by atoms with E-state index in [1.165, 1.54) is 0 Å². The molecule has 0 unspecified atom stereocenters. The van der Waals surface area contributed by atoms with Gasteiger partial charge in [-0.3, -0.25) is 9.36 Å². The number of hydrogen-bond donors (Lipinski definition) is 0. The molecule has 1 aromatic heterocycles. The van der Waals surface area contributed by atoms with Gasteiger partial charge in [0.25, 0.3) is 5.56 Å². The molecule has 0 radical (unpaired) electrons. The molecule has 0 fully saturated rings. The van der Waals surface area contributed by atoms with Crippen molar-refractivity contribution < 1.29 is 0 Å². The van der Waals surface area contributed by atoms with E-state index in [-0.39, 0.29) is 5.56 Å². The Morgan fingerprint density at radius 1 is 0.931 bits per heavy atom. The lowest BCUT2D eigenvalue weighted by Gasteiger charge is -2.12. The molecule has 144 valence electrons. The van der Waals surface area contributed by atoms with Crippen LogP contribution in [0.3, 0.4) is 0 Å². The Labute approximate surface area is 177 Å². The summed E-state index contributed by atoms with van der Waals surface area (Å²) in [6, 6.07) is 23.4. The van der Waals surface area contributed by atoms with E-state index in [1.54, 1.807) is 4.57 Å². The molecule has 4 rings (SSSR count). The lowest BCUT2D eigenvalue weighted by atomic mass is 10.1. The van der Waals surface area contributed by atoms with Crippen LogP contribution in [-0.4, -0.2) is 23.6 Å². The van der Waals surface area contributed by atoms with Crippen molar-refractivity contribution in [2.75, 3.05) is 19.0 Å². The lowest BCUT2D eigenvalue weighted by molar-refractivity contribution is 0.944. The fraction of sp³-hybridized carbons (Fsp3) is 0.0833. The number of halogens is 1. The summed E-state index contributed by atoms with van der Waals surface area (Å²) in [5, 5.41) is 0.579. The summed E-state index contributed by atoms with van der Waals surface area (Å²) in [6.07, 6.45) is 3.87. The summed E-state index contributed by atoms with van der Waals surface area (Å²) in [5.74, 6) is 0.590. The van der Waals surface area contributed by atoms with Crippen LogP contribution in [0.2, 0.25) is 0 Å². The van der Waals surface area contributed by atoms with Crippen LogP contribution >= 0.6 is 15.9 Å². The van der Waals surface area contributed by atoms with Gasteiger partial charge in [-0.05, 0) is 54.1 Å². The lowest BCUT2D eigenvalue weighted by Crippen LogP contribution is -2.22. The monoisotopic (exact) mass is 445 g/mol. The molecule has 0 atom stereocenters. The third-order valence-electron chi connectivity index (χ3n) is 4.70. The number of hydrogen-bond acceptors (Lipinski definition) is 3. The van der Waals surface area contributed by atoms with Crippen molar-refractivity contribution >= 4 is 44.7 Å². The maximum absolute atomic E-state index is 13.3.